The third kappa shape index (κ3) is 6.60. The van der Waals surface area contributed by atoms with Crippen molar-refractivity contribution in [2.45, 2.75) is 46.3 Å². The Bertz CT molecular complexity index is 1450. The quantitative estimate of drug-likeness (QED) is 0.252. The molecule has 199 valence electrons. The molecular weight excluding hydrogens is 486 g/mol. The highest BCUT2D eigenvalue weighted by atomic mass is 16.2. The highest BCUT2D eigenvalue weighted by Gasteiger charge is 2.31. The van der Waals surface area contributed by atoms with Crippen molar-refractivity contribution in [1.29, 1.82) is 5.26 Å². The van der Waals surface area contributed by atoms with E-state index < -0.39 is 0 Å². The molecule has 4 rings (SSSR count). The van der Waals surface area contributed by atoms with Crippen LogP contribution in [0.5, 0.6) is 0 Å². The summed E-state index contributed by atoms with van der Waals surface area (Å²) in [7, 11) is 0. The summed E-state index contributed by atoms with van der Waals surface area (Å²) in [5, 5.41) is 11.4. The van der Waals surface area contributed by atoms with E-state index in [1.54, 1.807) is 31.6 Å². The number of nitrogens with zero attached hydrogens (tertiary/aromatic N) is 5. The predicted molar refractivity (Wildman–Crippen MR) is 154 cm³/mol. The minimum absolute atomic E-state index is 0.0814. The number of amides is 1. The average Bonchev–Trinajstić information content (AvgIpc) is 3.40. The molecule has 7 heteroatoms. The minimum atomic E-state index is -0.188. The Morgan fingerprint density at radius 2 is 1.82 bits per heavy atom. The highest BCUT2D eigenvalue weighted by Crippen LogP contribution is 2.26. The largest absolute Gasteiger partial charge is 0.313 e. The molecule has 0 aliphatic heterocycles. The first kappa shape index (κ1) is 27.7. The Morgan fingerprint density at radius 1 is 1.08 bits per heavy atom. The van der Waals surface area contributed by atoms with E-state index in [2.05, 4.69) is 60.4 Å². The van der Waals surface area contributed by atoms with Gasteiger partial charge < -0.3 is 4.57 Å². The van der Waals surface area contributed by atoms with E-state index in [1.165, 1.54) is 0 Å². The van der Waals surface area contributed by atoms with Crippen LogP contribution in [0.25, 0.3) is 10.8 Å². The fourth-order valence-electron chi connectivity index (χ4n) is 5.08. The summed E-state index contributed by atoms with van der Waals surface area (Å²) in [5.41, 5.74) is 2.74. The van der Waals surface area contributed by atoms with Crippen LogP contribution in [0.3, 0.4) is 0 Å². The molecule has 0 fully saturated rings. The van der Waals surface area contributed by atoms with Gasteiger partial charge in [0.25, 0.3) is 0 Å². The van der Waals surface area contributed by atoms with Crippen molar-refractivity contribution >= 4 is 28.8 Å². The predicted octanol–water partition coefficient (Wildman–Crippen LogP) is 5.34. The number of benzene rings is 3. The number of carbonyl (C=O) groups excluding carboxylic acids is 2. The summed E-state index contributed by atoms with van der Waals surface area (Å²) < 4.78 is 1.96. The molecule has 0 unspecified atom stereocenters. The van der Waals surface area contributed by atoms with Crippen LogP contribution in [-0.4, -0.2) is 45.8 Å². The zero-order chi connectivity index (χ0) is 27.8. The molecule has 1 amide bonds. The molecule has 2 atom stereocenters. The van der Waals surface area contributed by atoms with Gasteiger partial charge in [-0.2, -0.15) is 5.26 Å². The Balaban J connectivity index is 1.65. The molecular formula is C32H34N5O2. The molecule has 0 saturated carbocycles. The van der Waals surface area contributed by atoms with Gasteiger partial charge in [0.1, 0.15) is 5.82 Å². The van der Waals surface area contributed by atoms with Gasteiger partial charge in [-0.1, -0.05) is 74.9 Å². The van der Waals surface area contributed by atoms with Crippen molar-refractivity contribution in [3.63, 3.8) is 0 Å². The smallest absolute Gasteiger partial charge is 0.225 e. The van der Waals surface area contributed by atoms with Crippen LogP contribution in [0.4, 0.5) is 5.82 Å². The van der Waals surface area contributed by atoms with E-state index in [-0.39, 0.29) is 24.4 Å². The van der Waals surface area contributed by atoms with Gasteiger partial charge >= 0.3 is 0 Å². The molecule has 0 spiro atoms. The van der Waals surface area contributed by atoms with Crippen LogP contribution in [0.1, 0.15) is 43.9 Å². The van der Waals surface area contributed by atoms with Crippen LogP contribution >= 0.6 is 0 Å². The summed E-state index contributed by atoms with van der Waals surface area (Å²) in [5.74, 6) is 0.785. The number of fused-ring (bicyclic) bond motifs is 1. The molecule has 4 aromatic rings. The lowest BCUT2D eigenvalue weighted by atomic mass is 9.96. The molecule has 0 saturated heterocycles. The van der Waals surface area contributed by atoms with Gasteiger partial charge in [0, 0.05) is 20.0 Å². The molecule has 0 aliphatic rings. The highest BCUT2D eigenvalue weighted by molar-refractivity contribution is 5.91. The zero-order valence-corrected chi connectivity index (χ0v) is 22.7. The molecule has 39 heavy (non-hydrogen) atoms. The zero-order valence-electron chi connectivity index (χ0n) is 22.7. The number of anilines is 1. The van der Waals surface area contributed by atoms with E-state index in [1.807, 2.05) is 39.8 Å². The molecule has 7 nitrogen and oxygen atoms in total. The monoisotopic (exact) mass is 520 g/mol. The van der Waals surface area contributed by atoms with Crippen molar-refractivity contribution in [2.75, 3.05) is 18.0 Å². The second kappa shape index (κ2) is 13.0. The molecule has 0 aliphatic carbocycles. The molecule has 1 aromatic heterocycles. The Labute approximate surface area is 230 Å². The number of imidazole rings is 1. The molecule has 1 heterocycles. The molecule has 0 N–H and O–H groups in total. The Hall–Kier alpha value is -4.28. The lowest BCUT2D eigenvalue weighted by molar-refractivity contribution is -0.117. The maximum absolute atomic E-state index is 13.2. The fourth-order valence-corrected chi connectivity index (χ4v) is 5.08. The van der Waals surface area contributed by atoms with Gasteiger partial charge in [-0.25, -0.2) is 4.98 Å². The van der Waals surface area contributed by atoms with E-state index in [0.717, 1.165) is 28.3 Å². The van der Waals surface area contributed by atoms with Crippen LogP contribution in [0.15, 0.2) is 79.3 Å². The van der Waals surface area contributed by atoms with E-state index >= 15 is 0 Å². The first-order valence-corrected chi connectivity index (χ1v) is 13.3. The molecule has 0 bridgehead atoms. The SMILES string of the molecule is CC[C@H](C)[C@@H](CN(C[C]=O)Cc1cccc2ccccc12)N(C(C)=O)c1cncn1Cc1ccc(C#N)cc1. The number of aromatic nitrogens is 2. The fraction of sp³-hybridized carbons (Fsp3) is 0.312. The van der Waals surface area contributed by atoms with Crippen LogP contribution in [-0.2, 0) is 22.7 Å². The van der Waals surface area contributed by atoms with Crippen molar-refractivity contribution in [3.05, 3.63) is 95.9 Å². The third-order valence-electron chi connectivity index (χ3n) is 7.35. The Morgan fingerprint density at radius 3 is 2.51 bits per heavy atom. The second-order valence-electron chi connectivity index (χ2n) is 9.98. The van der Waals surface area contributed by atoms with Crippen LogP contribution < -0.4 is 4.90 Å². The maximum Gasteiger partial charge on any atom is 0.225 e. The van der Waals surface area contributed by atoms with Gasteiger partial charge in [-0.05, 0) is 39.9 Å². The number of carbonyl (C=O) groups is 1. The van der Waals surface area contributed by atoms with Gasteiger partial charge in [0.15, 0.2) is 0 Å². The summed E-state index contributed by atoms with van der Waals surface area (Å²) >= 11 is 0. The van der Waals surface area contributed by atoms with Gasteiger partial charge in [-0.15, -0.1) is 0 Å². The number of hydrogen-bond donors (Lipinski definition) is 0. The lowest BCUT2D eigenvalue weighted by Gasteiger charge is -2.38. The normalized spacial score (nSPS) is 12.7. The Kier molecular flexibility index (Phi) is 9.24. The van der Waals surface area contributed by atoms with Crippen LogP contribution in [0, 0.1) is 17.2 Å². The standard InChI is InChI=1S/C32H34N5O2/c1-4-24(2)31(22-35(16-17-38)21-29-10-7-9-28-8-5-6-11-30(28)29)37(25(3)39)32-19-34-23-36(32)20-27-14-12-26(18-33)13-15-27/h5-15,19,23-24,31H,4,16,20-22H2,1-3H3/t24-,31+/m0/s1. The van der Waals surface area contributed by atoms with Gasteiger partial charge in [0.2, 0.25) is 12.2 Å². The number of nitriles is 1. The summed E-state index contributed by atoms with van der Waals surface area (Å²) in [6.45, 7) is 7.57. The number of hydrogen-bond acceptors (Lipinski definition) is 5. The number of rotatable bonds is 12. The lowest BCUT2D eigenvalue weighted by Crippen LogP contribution is -2.50. The second-order valence-corrected chi connectivity index (χ2v) is 9.98. The topological polar surface area (TPSA) is 82.2 Å². The summed E-state index contributed by atoms with van der Waals surface area (Å²) in [4.78, 5) is 33.1. The molecule has 3 aromatic carbocycles. The third-order valence-corrected chi connectivity index (χ3v) is 7.35. The van der Waals surface area contributed by atoms with Gasteiger partial charge in [-0.3, -0.25) is 19.4 Å². The van der Waals surface area contributed by atoms with Crippen molar-refractivity contribution in [2.24, 2.45) is 5.92 Å². The van der Waals surface area contributed by atoms with E-state index in [4.69, 9.17) is 5.26 Å². The average molecular weight is 521 g/mol. The van der Waals surface area contributed by atoms with E-state index in [9.17, 15) is 9.59 Å². The van der Waals surface area contributed by atoms with Crippen molar-refractivity contribution in [1.82, 2.24) is 14.5 Å². The maximum atomic E-state index is 13.2. The van der Waals surface area contributed by atoms with Crippen LogP contribution in [0.2, 0.25) is 0 Å². The van der Waals surface area contributed by atoms with Crippen molar-refractivity contribution < 1.29 is 9.59 Å². The summed E-state index contributed by atoms with van der Waals surface area (Å²) in [6.07, 6.45) is 6.40. The first-order chi connectivity index (χ1) is 18.9. The molecule has 1 radical (unpaired) electrons. The van der Waals surface area contributed by atoms with Gasteiger partial charge in [0.05, 0.1) is 43.3 Å². The first-order valence-electron chi connectivity index (χ1n) is 13.3. The van der Waals surface area contributed by atoms with Crippen molar-refractivity contribution in [3.8, 4) is 6.07 Å². The minimum Gasteiger partial charge on any atom is -0.313 e. The summed E-state index contributed by atoms with van der Waals surface area (Å²) in [6, 6.07) is 23.8. The van der Waals surface area contributed by atoms with E-state index in [0.29, 0.717) is 31.0 Å².